The van der Waals surface area contributed by atoms with Gasteiger partial charge in [-0.15, -0.1) is 0 Å². The van der Waals surface area contributed by atoms with Crippen LogP contribution in [0.5, 0.6) is 0 Å². The molecule has 0 spiro atoms. The molecule has 1 aliphatic rings. The van der Waals surface area contributed by atoms with Gasteiger partial charge in [0.05, 0.1) is 0 Å². The number of carbonyl (C=O) groups excluding carboxylic acids is 1. The van der Waals surface area contributed by atoms with E-state index in [1.807, 2.05) is 6.07 Å². The van der Waals surface area contributed by atoms with Crippen LogP contribution in [0.3, 0.4) is 0 Å². The number of benzene rings is 1. The summed E-state index contributed by atoms with van der Waals surface area (Å²) in [5.74, 6) is 2.83. The minimum atomic E-state index is 0.324. The van der Waals surface area contributed by atoms with Gasteiger partial charge in [-0.2, -0.15) is 0 Å². The molecule has 1 aromatic carbocycles. The molecule has 116 valence electrons. The summed E-state index contributed by atoms with van der Waals surface area (Å²) in [6.45, 7) is 6.87. The number of Topliss-reactive ketones (excluding diaryl/α,β-unsaturated/α-hetero) is 1. The summed E-state index contributed by atoms with van der Waals surface area (Å²) >= 11 is 0. The molecule has 0 unspecified atom stereocenters. The average molecular weight is 286 g/mol. The lowest BCUT2D eigenvalue weighted by Crippen LogP contribution is -2.33. The van der Waals surface area contributed by atoms with Gasteiger partial charge >= 0.3 is 0 Å². The quantitative estimate of drug-likeness (QED) is 0.694. The number of ketones is 1. The van der Waals surface area contributed by atoms with Crippen molar-refractivity contribution in [3.05, 3.63) is 35.9 Å². The first-order chi connectivity index (χ1) is 10.1. The predicted octanol–water partition coefficient (Wildman–Crippen LogP) is 5.29. The lowest BCUT2D eigenvalue weighted by molar-refractivity contribution is -0.127. The molecule has 1 heteroatoms. The van der Waals surface area contributed by atoms with Gasteiger partial charge in [-0.05, 0) is 49.0 Å². The van der Waals surface area contributed by atoms with Crippen molar-refractivity contribution in [3.8, 4) is 0 Å². The molecule has 0 saturated heterocycles. The van der Waals surface area contributed by atoms with Crippen LogP contribution in [0.15, 0.2) is 30.3 Å². The Balaban J connectivity index is 1.85. The molecule has 3 atom stereocenters. The second kappa shape index (κ2) is 7.77. The second-order valence-electron chi connectivity index (χ2n) is 7.24. The fourth-order valence-electron chi connectivity index (χ4n) is 3.87. The zero-order valence-corrected chi connectivity index (χ0v) is 13.8. The van der Waals surface area contributed by atoms with Crippen molar-refractivity contribution < 1.29 is 4.79 Å². The molecule has 2 rings (SSSR count). The van der Waals surface area contributed by atoms with Crippen molar-refractivity contribution in [3.63, 3.8) is 0 Å². The summed E-state index contributed by atoms with van der Waals surface area (Å²) in [4.78, 5) is 12.6. The minimum Gasteiger partial charge on any atom is -0.299 e. The number of hydrogen-bond acceptors (Lipinski definition) is 1. The zero-order valence-electron chi connectivity index (χ0n) is 13.8. The normalized spacial score (nSPS) is 26.0. The van der Waals surface area contributed by atoms with Crippen LogP contribution in [0.2, 0.25) is 0 Å². The van der Waals surface area contributed by atoms with Crippen molar-refractivity contribution in [2.45, 2.75) is 59.3 Å². The lowest BCUT2D eigenvalue weighted by atomic mass is 9.68. The molecule has 1 saturated carbocycles. The molecule has 0 amide bonds. The van der Waals surface area contributed by atoms with E-state index in [2.05, 4.69) is 45.0 Å². The fraction of sp³-hybridized carbons (Fsp3) is 0.650. The van der Waals surface area contributed by atoms with E-state index in [1.165, 1.54) is 18.4 Å². The number of rotatable bonds is 6. The van der Waals surface area contributed by atoms with Gasteiger partial charge in [0, 0.05) is 12.3 Å². The summed E-state index contributed by atoms with van der Waals surface area (Å²) < 4.78 is 0. The van der Waals surface area contributed by atoms with Gasteiger partial charge in [0.1, 0.15) is 5.78 Å². The Morgan fingerprint density at radius 1 is 1.19 bits per heavy atom. The first-order valence-corrected chi connectivity index (χ1v) is 8.64. The molecular weight excluding hydrogens is 256 g/mol. The van der Waals surface area contributed by atoms with Gasteiger partial charge in [0.15, 0.2) is 0 Å². The molecule has 0 aromatic heterocycles. The van der Waals surface area contributed by atoms with Gasteiger partial charge in [0.25, 0.3) is 0 Å². The highest BCUT2D eigenvalue weighted by Gasteiger charge is 2.34. The monoisotopic (exact) mass is 286 g/mol. The molecule has 21 heavy (non-hydrogen) atoms. The molecule has 0 bridgehead atoms. The Morgan fingerprint density at radius 2 is 1.90 bits per heavy atom. The molecular formula is C20H30O. The maximum absolute atomic E-state index is 12.6. The third-order valence-corrected chi connectivity index (χ3v) is 5.17. The molecule has 0 N–H and O–H groups in total. The second-order valence-corrected chi connectivity index (χ2v) is 7.24. The maximum Gasteiger partial charge on any atom is 0.136 e. The summed E-state index contributed by atoms with van der Waals surface area (Å²) in [6, 6.07) is 10.5. The average Bonchev–Trinajstić information content (AvgIpc) is 2.47. The Hall–Kier alpha value is -1.11. The minimum absolute atomic E-state index is 0.324. The van der Waals surface area contributed by atoms with Crippen molar-refractivity contribution >= 4 is 5.78 Å². The summed E-state index contributed by atoms with van der Waals surface area (Å²) in [6.07, 6.45) is 6.45. The molecule has 1 aromatic rings. The zero-order chi connectivity index (χ0) is 15.2. The standard InChI is InChI=1S/C20H30O/c1-15(2)18-13-12-16(3)14-19(18)20(21)11-7-10-17-8-5-4-6-9-17/h4-6,8-9,15-16,18-19H,7,10-14H2,1-3H3/t16-,18+,19-/m1/s1. The van der Waals surface area contributed by atoms with Crippen LogP contribution in [-0.4, -0.2) is 5.78 Å². The van der Waals surface area contributed by atoms with Gasteiger partial charge in [-0.1, -0.05) is 57.5 Å². The van der Waals surface area contributed by atoms with Gasteiger partial charge in [0.2, 0.25) is 0 Å². The Bertz CT molecular complexity index is 434. The number of hydrogen-bond donors (Lipinski definition) is 0. The third-order valence-electron chi connectivity index (χ3n) is 5.17. The summed E-state index contributed by atoms with van der Waals surface area (Å²) in [7, 11) is 0. The first-order valence-electron chi connectivity index (χ1n) is 8.64. The number of aryl methyl sites for hydroxylation is 1. The van der Waals surface area contributed by atoms with Crippen LogP contribution in [0.25, 0.3) is 0 Å². The van der Waals surface area contributed by atoms with E-state index in [0.29, 0.717) is 23.5 Å². The van der Waals surface area contributed by atoms with E-state index in [4.69, 9.17) is 0 Å². The predicted molar refractivity (Wildman–Crippen MR) is 89.2 cm³/mol. The first kappa shape index (κ1) is 16.3. The van der Waals surface area contributed by atoms with Crippen molar-refractivity contribution in [1.29, 1.82) is 0 Å². The van der Waals surface area contributed by atoms with Crippen LogP contribution in [0.1, 0.15) is 58.4 Å². The Kier molecular flexibility index (Phi) is 6.02. The Labute approximate surface area is 130 Å². The van der Waals surface area contributed by atoms with E-state index in [0.717, 1.165) is 31.6 Å². The summed E-state index contributed by atoms with van der Waals surface area (Å²) in [5, 5.41) is 0. The lowest BCUT2D eigenvalue weighted by Gasteiger charge is -2.36. The highest BCUT2D eigenvalue weighted by Crippen LogP contribution is 2.39. The Morgan fingerprint density at radius 3 is 2.57 bits per heavy atom. The number of carbonyl (C=O) groups is 1. The largest absolute Gasteiger partial charge is 0.299 e. The SMILES string of the molecule is CC(C)[C@@H]1CC[C@@H](C)C[C@H]1C(=O)CCCc1ccccc1. The molecule has 1 fully saturated rings. The van der Waals surface area contributed by atoms with Crippen LogP contribution in [-0.2, 0) is 11.2 Å². The topological polar surface area (TPSA) is 17.1 Å². The van der Waals surface area contributed by atoms with Crippen LogP contribution in [0.4, 0.5) is 0 Å². The van der Waals surface area contributed by atoms with Crippen molar-refractivity contribution in [1.82, 2.24) is 0 Å². The van der Waals surface area contributed by atoms with Crippen LogP contribution in [0, 0.1) is 23.7 Å². The summed E-state index contributed by atoms with van der Waals surface area (Å²) in [5.41, 5.74) is 1.35. The molecule has 0 heterocycles. The third kappa shape index (κ3) is 4.69. The smallest absolute Gasteiger partial charge is 0.136 e. The fourth-order valence-corrected chi connectivity index (χ4v) is 3.87. The van der Waals surface area contributed by atoms with E-state index in [1.54, 1.807) is 0 Å². The van der Waals surface area contributed by atoms with Crippen LogP contribution < -0.4 is 0 Å². The molecule has 1 aliphatic carbocycles. The molecule has 0 aliphatic heterocycles. The van der Waals surface area contributed by atoms with E-state index in [9.17, 15) is 4.79 Å². The van der Waals surface area contributed by atoms with E-state index in [-0.39, 0.29) is 0 Å². The van der Waals surface area contributed by atoms with Gasteiger partial charge in [-0.25, -0.2) is 0 Å². The molecule has 0 radical (unpaired) electrons. The highest BCUT2D eigenvalue weighted by atomic mass is 16.1. The van der Waals surface area contributed by atoms with Gasteiger partial charge in [-0.3, -0.25) is 4.79 Å². The van der Waals surface area contributed by atoms with E-state index < -0.39 is 0 Å². The maximum atomic E-state index is 12.6. The van der Waals surface area contributed by atoms with E-state index >= 15 is 0 Å². The van der Waals surface area contributed by atoms with Crippen molar-refractivity contribution in [2.24, 2.45) is 23.7 Å². The van der Waals surface area contributed by atoms with Gasteiger partial charge < -0.3 is 0 Å². The van der Waals surface area contributed by atoms with Crippen molar-refractivity contribution in [2.75, 3.05) is 0 Å². The molecule has 1 nitrogen and oxygen atoms in total. The highest BCUT2D eigenvalue weighted by molar-refractivity contribution is 5.81. The van der Waals surface area contributed by atoms with Crippen LogP contribution >= 0.6 is 0 Å².